The van der Waals surface area contributed by atoms with Gasteiger partial charge in [-0.05, 0) is 0 Å². The van der Waals surface area contributed by atoms with E-state index in [9.17, 15) is 17.5 Å². The molecule has 5 nitrogen and oxygen atoms in total. The first-order chi connectivity index (χ1) is 3.13. The second kappa shape index (κ2) is 9.22. The second-order valence-corrected chi connectivity index (χ2v) is 1.84. The molecule has 0 atom stereocenters. The molecule has 0 amide bonds. The third-order valence-corrected chi connectivity index (χ3v) is 1.00. The maximum absolute atomic E-state index is 9.19. The van der Waals surface area contributed by atoms with Gasteiger partial charge in [0.05, 0.1) is 22.7 Å². The van der Waals surface area contributed by atoms with Crippen LogP contribution in [0, 0.1) is 0 Å². The first-order valence-corrected chi connectivity index (χ1v) is 3.00. The normalized spacial score (nSPS) is 14.4. The zero-order chi connectivity index (χ0) is 5.86. The fraction of sp³-hybridized carbons (Fsp3) is 0. The summed E-state index contributed by atoms with van der Waals surface area (Å²) in [6.45, 7) is 0. The fourth-order valence-corrected chi connectivity index (χ4v) is 0.408. The van der Waals surface area contributed by atoms with Crippen LogP contribution in [0.1, 0.15) is 0 Å². The average molecular weight is 271 g/mol. The Balaban J connectivity index is -0.000000180. The predicted molar refractivity (Wildman–Crippen MR) is 18.9 cm³/mol. The Morgan fingerprint density at radius 2 is 1.22 bits per heavy atom. The zero-order valence-electron chi connectivity index (χ0n) is 3.46. The minimum Gasteiger partial charge on any atom is -0.749 e. The third-order valence-electron chi connectivity index (χ3n) is 0.111. The Kier molecular flexibility index (Phi) is 17.1. The van der Waals surface area contributed by atoms with Crippen LogP contribution in [0.25, 0.3) is 0 Å². The molecule has 0 saturated heterocycles. The number of rotatable bonds is 2. The van der Waals surface area contributed by atoms with Gasteiger partial charge in [0.15, 0.2) is 0 Å². The van der Waals surface area contributed by atoms with E-state index in [0.29, 0.717) is 0 Å². The Bertz CT molecular complexity index is 89.1. The van der Waals surface area contributed by atoms with E-state index in [1.807, 2.05) is 0 Å². The van der Waals surface area contributed by atoms with E-state index in [2.05, 4.69) is 3.63 Å². The Hall–Kier alpha value is 1.22. The van der Waals surface area contributed by atoms with E-state index in [1.165, 1.54) is 0 Å². The first-order valence-electron chi connectivity index (χ1n) is 1.00. The molecule has 0 rings (SSSR count). The van der Waals surface area contributed by atoms with Gasteiger partial charge in [-0.3, -0.25) is 0 Å². The molecule has 0 radical (unpaired) electrons. The van der Waals surface area contributed by atoms with Crippen LogP contribution in [-0.4, -0.2) is 17.5 Å². The Labute approximate surface area is 77.9 Å². The minimum absolute atomic E-state index is 0. The van der Waals surface area contributed by atoms with Crippen molar-refractivity contribution < 1.29 is 55.3 Å². The Morgan fingerprint density at radius 3 is 1.22 bits per heavy atom. The van der Waals surface area contributed by atoms with Crippen molar-refractivity contribution in [2.75, 3.05) is 0 Å². The minimum atomic E-state index is -2.96. The number of hydrogen-bond donors (Lipinski definition) is 0. The summed E-state index contributed by atoms with van der Waals surface area (Å²) >= 11 is -5.92. The standard InChI is InChI=1S/2Cu.H2O5S2/c;;1-6(2)5-7(3)4/h;;(H,1,2)(H,3,4)/q2*+1;/p-2. The van der Waals surface area contributed by atoms with Crippen molar-refractivity contribution >= 4 is 22.7 Å². The third kappa shape index (κ3) is 17.6. The quantitative estimate of drug-likeness (QED) is 0.454. The van der Waals surface area contributed by atoms with Crippen molar-refractivity contribution in [3.05, 3.63) is 0 Å². The molecule has 0 aromatic rings. The van der Waals surface area contributed by atoms with Gasteiger partial charge in [-0.25, -0.2) is 12.0 Å². The fourth-order valence-electron chi connectivity index (χ4n) is 0.0454. The van der Waals surface area contributed by atoms with E-state index in [0.717, 1.165) is 0 Å². The van der Waals surface area contributed by atoms with Crippen LogP contribution in [0.3, 0.4) is 0 Å². The van der Waals surface area contributed by atoms with E-state index in [-0.39, 0.29) is 34.1 Å². The molecule has 0 heterocycles. The molecule has 0 bridgehead atoms. The van der Waals surface area contributed by atoms with E-state index >= 15 is 0 Å². The molecule has 9 heteroatoms. The van der Waals surface area contributed by atoms with Gasteiger partial charge < -0.3 is 9.11 Å². The van der Waals surface area contributed by atoms with Crippen LogP contribution in [0.5, 0.6) is 0 Å². The van der Waals surface area contributed by atoms with Crippen molar-refractivity contribution in [1.29, 1.82) is 0 Å². The van der Waals surface area contributed by atoms with E-state index in [1.54, 1.807) is 0 Å². The van der Waals surface area contributed by atoms with Crippen LogP contribution < -0.4 is 0 Å². The van der Waals surface area contributed by atoms with Crippen LogP contribution in [0.15, 0.2) is 0 Å². The predicted octanol–water partition coefficient (Wildman–Crippen LogP) is -1.41. The maximum atomic E-state index is 9.19. The summed E-state index contributed by atoms with van der Waals surface area (Å²) in [5.74, 6) is 0. The molecule has 0 unspecified atom stereocenters. The molecule has 9 heavy (non-hydrogen) atoms. The van der Waals surface area contributed by atoms with Gasteiger partial charge in [-0.1, -0.05) is 0 Å². The molecule has 0 aromatic carbocycles. The summed E-state index contributed by atoms with van der Waals surface area (Å²) < 4.78 is 39.9. The molecule has 0 aliphatic carbocycles. The van der Waals surface area contributed by atoms with Gasteiger partial charge in [0.2, 0.25) is 0 Å². The van der Waals surface area contributed by atoms with Gasteiger partial charge in [0.1, 0.15) is 0 Å². The average Bonchev–Trinajstić information content (AvgIpc) is 1.27. The topological polar surface area (TPSA) is 89.5 Å². The second-order valence-electron chi connectivity index (χ2n) is 0.476. The van der Waals surface area contributed by atoms with E-state index in [4.69, 9.17) is 0 Å². The van der Waals surface area contributed by atoms with Crippen LogP contribution in [0.2, 0.25) is 0 Å². The molecule has 0 N–H and O–H groups in total. The van der Waals surface area contributed by atoms with Crippen molar-refractivity contribution in [1.82, 2.24) is 0 Å². The zero-order valence-corrected chi connectivity index (χ0v) is 6.98. The van der Waals surface area contributed by atoms with Gasteiger partial charge in [-0.2, -0.15) is 0 Å². The summed E-state index contributed by atoms with van der Waals surface area (Å²) in [7, 11) is 0. The molecule has 0 spiro atoms. The van der Waals surface area contributed by atoms with Crippen molar-refractivity contribution in [2.45, 2.75) is 0 Å². The summed E-state index contributed by atoms with van der Waals surface area (Å²) in [5.41, 5.74) is 0. The smallest absolute Gasteiger partial charge is 0.749 e. The van der Waals surface area contributed by atoms with Gasteiger partial charge >= 0.3 is 34.1 Å². The SMILES string of the molecule is O=S([O-])OS(=O)[O-].[Cu+].[Cu+]. The maximum Gasteiger partial charge on any atom is 1.00 e. The molecule has 0 fully saturated rings. The molecule has 0 aliphatic rings. The van der Waals surface area contributed by atoms with E-state index < -0.39 is 22.7 Å². The monoisotopic (exact) mass is 270 g/mol. The van der Waals surface area contributed by atoms with Gasteiger partial charge in [0, 0.05) is 0 Å². The van der Waals surface area contributed by atoms with Crippen LogP contribution in [-0.2, 0) is 60.5 Å². The van der Waals surface area contributed by atoms with Gasteiger partial charge in [-0.15, -0.1) is 0 Å². The summed E-state index contributed by atoms with van der Waals surface area (Å²) in [4.78, 5) is 0. The molecular formula is Cu2O5S2. The molecule has 0 aliphatic heterocycles. The molecule has 64 valence electrons. The first kappa shape index (κ1) is 16.7. The van der Waals surface area contributed by atoms with Crippen molar-refractivity contribution in [2.24, 2.45) is 0 Å². The van der Waals surface area contributed by atoms with Crippen molar-refractivity contribution in [3.63, 3.8) is 0 Å². The molecule has 0 aromatic heterocycles. The molecular weight excluding hydrogens is 271 g/mol. The summed E-state index contributed by atoms with van der Waals surface area (Å²) in [6.07, 6.45) is 0. The summed E-state index contributed by atoms with van der Waals surface area (Å²) in [5, 5.41) is 0. The molecule has 0 saturated carbocycles. The number of hydrogen-bond acceptors (Lipinski definition) is 5. The van der Waals surface area contributed by atoms with Crippen molar-refractivity contribution in [3.8, 4) is 0 Å². The summed E-state index contributed by atoms with van der Waals surface area (Å²) in [6, 6.07) is 0. The largest absolute Gasteiger partial charge is 1.00 e. The van der Waals surface area contributed by atoms with Crippen LogP contribution >= 0.6 is 0 Å². The van der Waals surface area contributed by atoms with Crippen LogP contribution in [0.4, 0.5) is 0 Å². The van der Waals surface area contributed by atoms with Gasteiger partial charge in [0.25, 0.3) is 0 Å². The Morgan fingerprint density at radius 1 is 1.00 bits per heavy atom.